The molecule has 0 radical (unpaired) electrons. The SMILES string of the molecule is CC(C)CC(C)(C)C(=O)OCc1cn(C(C)C)nn1. The summed E-state index contributed by atoms with van der Waals surface area (Å²) in [6.45, 7) is 12.3. The van der Waals surface area contributed by atoms with Crippen LogP contribution < -0.4 is 0 Å². The quantitative estimate of drug-likeness (QED) is 0.743. The lowest BCUT2D eigenvalue weighted by molar-refractivity contribution is -0.156. The molecule has 1 aromatic heterocycles. The summed E-state index contributed by atoms with van der Waals surface area (Å²) >= 11 is 0. The highest BCUT2D eigenvalue weighted by Gasteiger charge is 2.30. The van der Waals surface area contributed by atoms with Crippen LogP contribution in [0.25, 0.3) is 0 Å². The molecular weight excluding hydrogens is 242 g/mol. The molecule has 19 heavy (non-hydrogen) atoms. The largest absolute Gasteiger partial charge is 0.459 e. The molecule has 0 unspecified atom stereocenters. The van der Waals surface area contributed by atoms with Crippen LogP contribution in [0.3, 0.4) is 0 Å². The van der Waals surface area contributed by atoms with Gasteiger partial charge in [-0.15, -0.1) is 5.10 Å². The van der Waals surface area contributed by atoms with Crippen LogP contribution in [0.2, 0.25) is 0 Å². The van der Waals surface area contributed by atoms with E-state index in [9.17, 15) is 4.79 Å². The highest BCUT2D eigenvalue weighted by Crippen LogP contribution is 2.27. The Morgan fingerprint density at radius 3 is 2.47 bits per heavy atom. The number of hydrogen-bond donors (Lipinski definition) is 0. The van der Waals surface area contributed by atoms with Crippen molar-refractivity contribution in [1.82, 2.24) is 15.0 Å². The minimum atomic E-state index is -0.456. The Morgan fingerprint density at radius 1 is 1.37 bits per heavy atom. The first kappa shape index (κ1) is 15.7. The van der Waals surface area contributed by atoms with E-state index < -0.39 is 5.41 Å². The van der Waals surface area contributed by atoms with Gasteiger partial charge in [0.25, 0.3) is 0 Å². The Labute approximate surface area is 115 Å². The lowest BCUT2D eigenvalue weighted by Crippen LogP contribution is -2.28. The molecule has 5 heteroatoms. The molecule has 0 aromatic carbocycles. The van der Waals surface area contributed by atoms with E-state index in [4.69, 9.17) is 4.74 Å². The van der Waals surface area contributed by atoms with Crippen molar-refractivity contribution in [3.8, 4) is 0 Å². The van der Waals surface area contributed by atoms with Crippen molar-refractivity contribution < 1.29 is 9.53 Å². The smallest absolute Gasteiger partial charge is 0.311 e. The van der Waals surface area contributed by atoms with Crippen LogP contribution in [0.1, 0.15) is 59.7 Å². The van der Waals surface area contributed by atoms with Crippen LogP contribution in [0.5, 0.6) is 0 Å². The lowest BCUT2D eigenvalue weighted by atomic mass is 9.84. The van der Waals surface area contributed by atoms with Gasteiger partial charge in [-0.3, -0.25) is 4.79 Å². The number of hydrogen-bond acceptors (Lipinski definition) is 4. The summed E-state index contributed by atoms with van der Waals surface area (Å²) in [6.07, 6.45) is 2.62. The van der Waals surface area contributed by atoms with Crippen LogP contribution >= 0.6 is 0 Å². The van der Waals surface area contributed by atoms with Gasteiger partial charge in [-0.05, 0) is 40.0 Å². The van der Waals surface area contributed by atoms with Crippen LogP contribution in [0, 0.1) is 11.3 Å². The molecule has 0 spiro atoms. The van der Waals surface area contributed by atoms with Crippen molar-refractivity contribution >= 4 is 5.97 Å². The molecule has 0 saturated heterocycles. The summed E-state index contributed by atoms with van der Waals surface area (Å²) in [5, 5.41) is 7.97. The third-order valence-electron chi connectivity index (χ3n) is 2.91. The van der Waals surface area contributed by atoms with Gasteiger partial charge in [0.2, 0.25) is 0 Å². The molecule has 0 aliphatic heterocycles. The van der Waals surface area contributed by atoms with Gasteiger partial charge >= 0.3 is 5.97 Å². The number of ether oxygens (including phenoxy) is 1. The van der Waals surface area contributed by atoms with Crippen LogP contribution in [-0.4, -0.2) is 21.0 Å². The van der Waals surface area contributed by atoms with E-state index in [1.807, 2.05) is 33.9 Å². The highest BCUT2D eigenvalue weighted by atomic mass is 16.5. The second-order valence-corrected chi connectivity index (χ2v) is 6.34. The number of carbonyl (C=O) groups is 1. The monoisotopic (exact) mass is 267 g/mol. The second kappa shape index (κ2) is 6.17. The summed E-state index contributed by atoms with van der Waals surface area (Å²) < 4.78 is 7.08. The Balaban J connectivity index is 2.53. The van der Waals surface area contributed by atoms with E-state index in [1.165, 1.54) is 0 Å². The van der Waals surface area contributed by atoms with Gasteiger partial charge in [-0.25, -0.2) is 4.68 Å². The first-order valence-corrected chi connectivity index (χ1v) is 6.80. The molecule has 0 aliphatic carbocycles. The van der Waals surface area contributed by atoms with Gasteiger partial charge in [0.15, 0.2) is 0 Å². The van der Waals surface area contributed by atoms with E-state index in [-0.39, 0.29) is 18.6 Å². The minimum absolute atomic E-state index is 0.180. The summed E-state index contributed by atoms with van der Waals surface area (Å²) in [4.78, 5) is 12.0. The van der Waals surface area contributed by atoms with Crippen LogP contribution in [-0.2, 0) is 16.1 Å². The van der Waals surface area contributed by atoms with Gasteiger partial charge in [-0.1, -0.05) is 19.1 Å². The molecule has 0 bridgehead atoms. The fourth-order valence-electron chi connectivity index (χ4n) is 2.07. The van der Waals surface area contributed by atoms with Gasteiger partial charge in [0.1, 0.15) is 12.3 Å². The molecule has 0 amide bonds. The standard InChI is InChI=1S/C14H25N3O2/c1-10(2)7-14(5,6)13(18)19-9-12-8-17(11(3)4)16-15-12/h8,10-11H,7,9H2,1-6H3. The van der Waals surface area contributed by atoms with Crippen molar-refractivity contribution in [2.45, 2.75) is 60.6 Å². The van der Waals surface area contributed by atoms with E-state index in [0.717, 1.165) is 6.42 Å². The fourth-order valence-corrected chi connectivity index (χ4v) is 2.07. The minimum Gasteiger partial charge on any atom is -0.459 e. The van der Waals surface area contributed by atoms with Crippen molar-refractivity contribution in [1.29, 1.82) is 0 Å². The van der Waals surface area contributed by atoms with E-state index in [2.05, 4.69) is 24.2 Å². The average Bonchev–Trinajstić information content (AvgIpc) is 2.72. The topological polar surface area (TPSA) is 57.0 Å². The first-order chi connectivity index (χ1) is 8.72. The van der Waals surface area contributed by atoms with Gasteiger partial charge in [0, 0.05) is 6.04 Å². The van der Waals surface area contributed by atoms with E-state index in [1.54, 1.807) is 4.68 Å². The van der Waals surface area contributed by atoms with Crippen molar-refractivity contribution in [3.63, 3.8) is 0 Å². The molecule has 0 aliphatic rings. The zero-order valence-electron chi connectivity index (χ0n) is 12.8. The normalized spacial score (nSPS) is 12.2. The Bertz CT molecular complexity index is 422. The van der Waals surface area contributed by atoms with Crippen molar-refractivity contribution in [2.24, 2.45) is 11.3 Å². The number of aromatic nitrogens is 3. The summed E-state index contributed by atoms with van der Waals surface area (Å²) in [5.41, 5.74) is 0.227. The van der Waals surface area contributed by atoms with Crippen molar-refractivity contribution in [2.75, 3.05) is 0 Å². The zero-order chi connectivity index (χ0) is 14.6. The fraction of sp³-hybridized carbons (Fsp3) is 0.786. The molecule has 5 nitrogen and oxygen atoms in total. The Kier molecular flexibility index (Phi) is 5.09. The third-order valence-corrected chi connectivity index (χ3v) is 2.91. The van der Waals surface area contributed by atoms with E-state index >= 15 is 0 Å². The summed E-state index contributed by atoms with van der Waals surface area (Å²) in [5.74, 6) is 0.282. The van der Waals surface area contributed by atoms with E-state index in [0.29, 0.717) is 11.6 Å². The molecule has 0 saturated carbocycles. The van der Waals surface area contributed by atoms with Crippen LogP contribution in [0.4, 0.5) is 0 Å². The molecule has 1 aromatic rings. The zero-order valence-corrected chi connectivity index (χ0v) is 12.8. The maximum atomic E-state index is 12.0. The number of nitrogens with zero attached hydrogens (tertiary/aromatic N) is 3. The molecule has 108 valence electrons. The average molecular weight is 267 g/mol. The molecule has 0 fully saturated rings. The number of esters is 1. The summed E-state index contributed by atoms with van der Waals surface area (Å²) in [6, 6.07) is 0.259. The predicted octanol–water partition coefficient (Wildman–Crippen LogP) is 2.97. The van der Waals surface area contributed by atoms with Crippen molar-refractivity contribution in [3.05, 3.63) is 11.9 Å². The first-order valence-electron chi connectivity index (χ1n) is 6.80. The Morgan fingerprint density at radius 2 is 2.00 bits per heavy atom. The number of carbonyl (C=O) groups excluding carboxylic acids is 1. The molecule has 1 rings (SSSR count). The van der Waals surface area contributed by atoms with Gasteiger partial charge in [-0.2, -0.15) is 0 Å². The molecule has 1 heterocycles. The molecule has 0 N–H and O–H groups in total. The summed E-state index contributed by atoms with van der Waals surface area (Å²) in [7, 11) is 0. The second-order valence-electron chi connectivity index (χ2n) is 6.34. The maximum Gasteiger partial charge on any atom is 0.311 e. The highest BCUT2D eigenvalue weighted by molar-refractivity contribution is 5.75. The third kappa shape index (κ3) is 4.65. The molecule has 0 atom stereocenters. The maximum absolute atomic E-state index is 12.0. The lowest BCUT2D eigenvalue weighted by Gasteiger charge is -2.24. The Hall–Kier alpha value is -1.39. The van der Waals surface area contributed by atoms with Gasteiger partial charge in [0.05, 0.1) is 11.6 Å². The van der Waals surface area contributed by atoms with Crippen LogP contribution in [0.15, 0.2) is 6.20 Å². The molecular formula is C14H25N3O2. The predicted molar refractivity (Wildman–Crippen MR) is 73.4 cm³/mol. The number of rotatable bonds is 6. The van der Waals surface area contributed by atoms with Gasteiger partial charge < -0.3 is 4.74 Å².